The second kappa shape index (κ2) is 8.79. The number of unbranched alkanes of at least 4 members (excludes halogenated alkanes) is 1. The predicted molar refractivity (Wildman–Crippen MR) is 92.7 cm³/mol. The number of rotatable bonds is 7. The van der Waals surface area contributed by atoms with Crippen molar-refractivity contribution in [2.75, 3.05) is 7.11 Å². The zero-order valence-corrected chi connectivity index (χ0v) is 13.6. The van der Waals surface area contributed by atoms with Crippen LogP contribution in [0.3, 0.4) is 0 Å². The second-order valence-corrected chi connectivity index (χ2v) is 5.28. The fourth-order valence-corrected chi connectivity index (χ4v) is 2.13. The van der Waals surface area contributed by atoms with Crippen LogP contribution in [0.4, 0.5) is 0 Å². The first-order valence-corrected chi connectivity index (χ1v) is 7.84. The van der Waals surface area contributed by atoms with Crippen molar-refractivity contribution in [3.05, 3.63) is 65.7 Å². The molecule has 0 aliphatic carbocycles. The lowest BCUT2D eigenvalue weighted by molar-refractivity contribution is -0.128. The minimum absolute atomic E-state index is 0.387. The van der Waals surface area contributed by atoms with E-state index in [-0.39, 0.29) is 5.97 Å². The Morgan fingerprint density at radius 1 is 1.00 bits per heavy atom. The highest BCUT2D eigenvalue weighted by molar-refractivity contribution is 5.88. The zero-order valence-electron chi connectivity index (χ0n) is 13.6. The van der Waals surface area contributed by atoms with Crippen LogP contribution in [-0.4, -0.2) is 13.1 Å². The zero-order chi connectivity index (χ0) is 16.5. The maximum atomic E-state index is 11.8. The Balaban J connectivity index is 1.89. The van der Waals surface area contributed by atoms with Gasteiger partial charge in [0.05, 0.1) is 7.11 Å². The highest BCUT2D eigenvalue weighted by atomic mass is 16.5. The number of hydrogen-bond acceptors (Lipinski definition) is 3. The molecule has 2 aromatic carbocycles. The van der Waals surface area contributed by atoms with Crippen molar-refractivity contribution in [2.24, 2.45) is 0 Å². The number of hydrogen-bond donors (Lipinski definition) is 0. The Morgan fingerprint density at radius 3 is 2.26 bits per heavy atom. The van der Waals surface area contributed by atoms with E-state index in [9.17, 15) is 4.79 Å². The SMILES string of the molecule is CCCCc1ccc(OC(=O)/C=C/c2ccc(OC)cc2)cc1. The fourth-order valence-electron chi connectivity index (χ4n) is 2.13. The molecule has 0 spiro atoms. The largest absolute Gasteiger partial charge is 0.497 e. The molecule has 0 saturated carbocycles. The average molecular weight is 310 g/mol. The molecule has 0 aromatic heterocycles. The molecule has 0 unspecified atom stereocenters. The molecular formula is C20H22O3. The van der Waals surface area contributed by atoms with Gasteiger partial charge in [0.2, 0.25) is 0 Å². The molecule has 0 bridgehead atoms. The number of methoxy groups -OCH3 is 1. The molecule has 0 fully saturated rings. The van der Waals surface area contributed by atoms with Crippen LogP contribution in [-0.2, 0) is 11.2 Å². The number of esters is 1. The normalized spacial score (nSPS) is 10.7. The highest BCUT2D eigenvalue weighted by Crippen LogP contribution is 2.15. The van der Waals surface area contributed by atoms with Gasteiger partial charge in [0, 0.05) is 6.08 Å². The van der Waals surface area contributed by atoms with Crippen molar-refractivity contribution in [3.63, 3.8) is 0 Å². The van der Waals surface area contributed by atoms with Crippen LogP contribution in [0.15, 0.2) is 54.6 Å². The molecule has 0 N–H and O–H groups in total. The van der Waals surface area contributed by atoms with E-state index < -0.39 is 0 Å². The van der Waals surface area contributed by atoms with Gasteiger partial charge in [0.15, 0.2) is 0 Å². The third kappa shape index (κ3) is 5.62. The van der Waals surface area contributed by atoms with E-state index in [0.29, 0.717) is 5.75 Å². The molecule has 2 rings (SSSR count). The first-order chi connectivity index (χ1) is 11.2. The van der Waals surface area contributed by atoms with Gasteiger partial charge < -0.3 is 9.47 Å². The Labute approximate surface area is 137 Å². The van der Waals surface area contributed by atoms with Gasteiger partial charge in [-0.15, -0.1) is 0 Å². The molecule has 23 heavy (non-hydrogen) atoms. The van der Waals surface area contributed by atoms with Crippen LogP contribution in [0.2, 0.25) is 0 Å². The molecule has 2 aromatic rings. The van der Waals surface area contributed by atoms with Crippen LogP contribution in [0.25, 0.3) is 6.08 Å². The van der Waals surface area contributed by atoms with E-state index in [4.69, 9.17) is 9.47 Å². The van der Waals surface area contributed by atoms with E-state index >= 15 is 0 Å². The quantitative estimate of drug-likeness (QED) is 0.424. The van der Waals surface area contributed by atoms with Gasteiger partial charge in [0.25, 0.3) is 0 Å². The summed E-state index contributed by atoms with van der Waals surface area (Å²) >= 11 is 0. The average Bonchev–Trinajstić information content (AvgIpc) is 2.60. The van der Waals surface area contributed by atoms with E-state index in [1.54, 1.807) is 13.2 Å². The van der Waals surface area contributed by atoms with Gasteiger partial charge in [-0.2, -0.15) is 0 Å². The maximum absolute atomic E-state index is 11.8. The Kier molecular flexibility index (Phi) is 6.42. The summed E-state index contributed by atoms with van der Waals surface area (Å²) < 4.78 is 10.4. The number of benzene rings is 2. The third-order valence-electron chi connectivity index (χ3n) is 3.49. The number of ether oxygens (including phenoxy) is 2. The van der Waals surface area contributed by atoms with Gasteiger partial charge in [-0.25, -0.2) is 4.79 Å². The Bertz CT molecular complexity index is 640. The van der Waals surface area contributed by atoms with Gasteiger partial charge in [-0.3, -0.25) is 0 Å². The molecule has 3 nitrogen and oxygen atoms in total. The monoisotopic (exact) mass is 310 g/mol. The number of carbonyl (C=O) groups is 1. The summed E-state index contributed by atoms with van der Waals surface area (Å²) in [6.45, 7) is 2.17. The second-order valence-electron chi connectivity index (χ2n) is 5.28. The summed E-state index contributed by atoms with van der Waals surface area (Å²) in [6.07, 6.45) is 6.54. The van der Waals surface area contributed by atoms with Gasteiger partial charge >= 0.3 is 5.97 Å². The van der Waals surface area contributed by atoms with Crippen molar-refractivity contribution < 1.29 is 14.3 Å². The van der Waals surface area contributed by atoms with Gasteiger partial charge in [-0.05, 0) is 54.3 Å². The minimum atomic E-state index is -0.387. The standard InChI is InChI=1S/C20H22O3/c1-3-4-5-16-8-13-19(14-9-16)23-20(21)15-10-17-6-11-18(22-2)12-7-17/h6-15H,3-5H2,1-2H3/b15-10+. The highest BCUT2D eigenvalue weighted by Gasteiger charge is 2.01. The van der Waals surface area contributed by atoms with E-state index in [0.717, 1.165) is 17.7 Å². The summed E-state index contributed by atoms with van der Waals surface area (Å²) in [4.78, 5) is 11.8. The smallest absolute Gasteiger partial charge is 0.336 e. The first-order valence-electron chi connectivity index (χ1n) is 7.84. The number of aryl methyl sites for hydroxylation is 1. The topological polar surface area (TPSA) is 35.5 Å². The summed E-state index contributed by atoms with van der Waals surface area (Å²) in [5.41, 5.74) is 2.18. The molecule has 0 aliphatic heterocycles. The number of carbonyl (C=O) groups excluding carboxylic acids is 1. The van der Waals surface area contributed by atoms with Crippen molar-refractivity contribution >= 4 is 12.0 Å². The molecule has 3 heteroatoms. The molecule has 0 radical (unpaired) electrons. The molecular weight excluding hydrogens is 288 g/mol. The molecule has 120 valence electrons. The minimum Gasteiger partial charge on any atom is -0.497 e. The molecule has 0 heterocycles. The molecule has 0 saturated heterocycles. The summed E-state index contributed by atoms with van der Waals surface area (Å²) in [5.74, 6) is 0.963. The molecule has 0 amide bonds. The van der Waals surface area contributed by atoms with Gasteiger partial charge in [-0.1, -0.05) is 37.6 Å². The van der Waals surface area contributed by atoms with Crippen LogP contribution in [0.1, 0.15) is 30.9 Å². The lowest BCUT2D eigenvalue weighted by Crippen LogP contribution is -2.03. The first kappa shape index (κ1) is 16.8. The van der Waals surface area contributed by atoms with E-state index in [1.165, 1.54) is 24.5 Å². The van der Waals surface area contributed by atoms with Crippen LogP contribution in [0.5, 0.6) is 11.5 Å². The third-order valence-corrected chi connectivity index (χ3v) is 3.49. The van der Waals surface area contributed by atoms with Crippen LogP contribution < -0.4 is 9.47 Å². The van der Waals surface area contributed by atoms with E-state index in [2.05, 4.69) is 6.92 Å². The molecule has 0 aliphatic rings. The van der Waals surface area contributed by atoms with Gasteiger partial charge in [0.1, 0.15) is 11.5 Å². The lowest BCUT2D eigenvalue weighted by atomic mass is 10.1. The van der Waals surface area contributed by atoms with Crippen molar-refractivity contribution in [1.82, 2.24) is 0 Å². The van der Waals surface area contributed by atoms with Crippen molar-refractivity contribution in [2.45, 2.75) is 26.2 Å². The molecule has 0 atom stereocenters. The summed E-state index contributed by atoms with van der Waals surface area (Å²) in [7, 11) is 1.62. The van der Waals surface area contributed by atoms with Crippen molar-refractivity contribution in [3.8, 4) is 11.5 Å². The van der Waals surface area contributed by atoms with Crippen LogP contribution >= 0.6 is 0 Å². The fraction of sp³-hybridized carbons (Fsp3) is 0.250. The van der Waals surface area contributed by atoms with Crippen LogP contribution in [0, 0.1) is 0 Å². The lowest BCUT2D eigenvalue weighted by Gasteiger charge is -2.03. The maximum Gasteiger partial charge on any atom is 0.336 e. The predicted octanol–water partition coefficient (Wildman–Crippen LogP) is 4.66. The van der Waals surface area contributed by atoms with Crippen molar-refractivity contribution in [1.29, 1.82) is 0 Å². The Morgan fingerprint density at radius 2 is 1.65 bits per heavy atom. The summed E-state index contributed by atoms with van der Waals surface area (Å²) in [5, 5.41) is 0. The summed E-state index contributed by atoms with van der Waals surface area (Å²) in [6, 6.07) is 15.1. The Hall–Kier alpha value is -2.55. The van der Waals surface area contributed by atoms with E-state index in [1.807, 2.05) is 48.5 Å².